The number of benzene rings is 2. The molecule has 2 amide bonds. The van der Waals surface area contributed by atoms with Crippen LogP contribution in [0.4, 0.5) is 5.69 Å². The van der Waals surface area contributed by atoms with E-state index >= 15 is 0 Å². The molecule has 1 N–H and O–H groups in total. The number of nitrogens with one attached hydrogen (secondary N) is 1. The van der Waals surface area contributed by atoms with E-state index in [1.54, 1.807) is 0 Å². The van der Waals surface area contributed by atoms with Crippen LogP contribution in [0, 0.1) is 12.8 Å². The van der Waals surface area contributed by atoms with E-state index in [9.17, 15) is 14.4 Å². The third-order valence-corrected chi connectivity index (χ3v) is 7.68. The molecule has 3 atom stereocenters. The molecule has 7 heteroatoms. The lowest BCUT2D eigenvalue weighted by Crippen LogP contribution is -2.32. The summed E-state index contributed by atoms with van der Waals surface area (Å²) in [7, 11) is 0. The number of fused-ring (bicyclic) bond motifs is 2. The van der Waals surface area contributed by atoms with Crippen molar-refractivity contribution in [1.29, 1.82) is 0 Å². The molecule has 1 aromatic heterocycles. The van der Waals surface area contributed by atoms with E-state index in [1.165, 1.54) is 16.7 Å². The van der Waals surface area contributed by atoms with Crippen LogP contribution in [-0.4, -0.2) is 22.0 Å². The molecule has 5 rings (SSSR count). The number of carbonyl (C=O) groups excluding carboxylic acids is 2. The summed E-state index contributed by atoms with van der Waals surface area (Å²) in [4.78, 5) is 43.5. The summed E-state index contributed by atoms with van der Waals surface area (Å²) in [5, 5.41) is 0.161. The number of nitrogens with zero attached hydrogens (tertiary/aromatic N) is 1. The molecule has 0 radical (unpaired) electrons. The van der Waals surface area contributed by atoms with Crippen molar-refractivity contribution in [2.75, 3.05) is 4.90 Å². The Morgan fingerprint density at radius 1 is 0.929 bits per heavy atom. The van der Waals surface area contributed by atoms with Gasteiger partial charge in [-0.2, -0.15) is 0 Å². The summed E-state index contributed by atoms with van der Waals surface area (Å²) in [5.41, 5.74) is 2.61. The van der Waals surface area contributed by atoms with Gasteiger partial charge in [-0.1, -0.05) is 71.1 Å². The van der Waals surface area contributed by atoms with Crippen LogP contribution in [0.25, 0.3) is 0 Å². The Morgan fingerprint density at radius 3 is 2.36 bits per heavy atom. The number of rotatable bonds is 2. The number of aryl methyl sites for hydroxylation is 1. The molecule has 0 unspecified atom stereocenters. The zero-order chi connectivity index (χ0) is 19.4. The molecule has 28 heavy (non-hydrogen) atoms. The molecular formula is C21H16N2O3S2. The van der Waals surface area contributed by atoms with Crippen LogP contribution in [0.1, 0.15) is 21.9 Å². The molecule has 2 aliphatic heterocycles. The highest BCUT2D eigenvalue weighted by atomic mass is 32.2. The Morgan fingerprint density at radius 2 is 1.64 bits per heavy atom. The normalized spacial score (nSPS) is 23.6. The van der Waals surface area contributed by atoms with Crippen LogP contribution in [0.5, 0.6) is 0 Å². The first-order valence-corrected chi connectivity index (χ1v) is 10.6. The molecule has 1 fully saturated rings. The van der Waals surface area contributed by atoms with E-state index in [0.29, 0.717) is 10.7 Å². The largest absolute Gasteiger partial charge is 0.307 e. The Kier molecular flexibility index (Phi) is 4.03. The van der Waals surface area contributed by atoms with Crippen LogP contribution in [0.15, 0.2) is 64.4 Å². The lowest BCUT2D eigenvalue weighted by Gasteiger charge is -2.29. The molecule has 140 valence electrons. The maximum absolute atomic E-state index is 13.4. The number of thioether (sulfide) groups is 1. The highest BCUT2D eigenvalue weighted by molar-refractivity contribution is 8.00. The van der Waals surface area contributed by atoms with Gasteiger partial charge in [0.15, 0.2) is 0 Å². The topological polar surface area (TPSA) is 70.2 Å². The van der Waals surface area contributed by atoms with Gasteiger partial charge in [-0.25, -0.2) is 4.90 Å². The maximum atomic E-state index is 13.4. The number of hydrogen-bond acceptors (Lipinski definition) is 5. The predicted octanol–water partition coefficient (Wildman–Crippen LogP) is 3.54. The van der Waals surface area contributed by atoms with Crippen LogP contribution < -0.4 is 9.77 Å². The Hall–Kier alpha value is -2.64. The molecule has 0 saturated carbocycles. The quantitative estimate of drug-likeness (QED) is 0.659. The lowest BCUT2D eigenvalue weighted by atomic mass is 9.83. The fourth-order valence-electron chi connectivity index (χ4n) is 3.98. The van der Waals surface area contributed by atoms with Gasteiger partial charge in [0.1, 0.15) is 5.25 Å². The zero-order valence-corrected chi connectivity index (χ0v) is 16.5. The molecule has 5 nitrogen and oxygen atoms in total. The summed E-state index contributed by atoms with van der Waals surface area (Å²) >= 11 is 2.43. The minimum atomic E-state index is -0.545. The number of imide groups is 1. The number of H-pyrrole nitrogens is 1. The van der Waals surface area contributed by atoms with Crippen molar-refractivity contribution in [1.82, 2.24) is 4.98 Å². The number of anilines is 1. The Balaban J connectivity index is 1.65. The van der Waals surface area contributed by atoms with Gasteiger partial charge in [-0.15, -0.1) is 0 Å². The second-order valence-electron chi connectivity index (χ2n) is 7.01. The van der Waals surface area contributed by atoms with Crippen LogP contribution in [0.2, 0.25) is 0 Å². The van der Waals surface area contributed by atoms with E-state index in [-0.39, 0.29) is 22.6 Å². The SMILES string of the molecule is Cc1ccc(N2C(=O)[C@H]3[C@H](c4ccccc4)c4sc(=O)[nH]c4S[C@@H]3C2=O)cc1. The fraction of sp³-hybridized carbons (Fsp3) is 0.190. The van der Waals surface area contributed by atoms with Crippen LogP contribution >= 0.6 is 23.1 Å². The average Bonchev–Trinajstić information content (AvgIpc) is 3.18. The standard InChI is InChI=1S/C21H16N2O3S2/c1-11-7-9-13(10-8-11)23-19(24)15-14(12-5-3-2-4-6-12)16-18(22-21(26)28-16)27-17(15)20(23)25/h2-10,14-15,17H,1H3,(H,22,26)/t14-,15-,17-/m0/s1. The van der Waals surface area contributed by atoms with Crippen molar-refractivity contribution in [3.63, 3.8) is 0 Å². The van der Waals surface area contributed by atoms with Gasteiger partial charge in [0, 0.05) is 10.8 Å². The van der Waals surface area contributed by atoms with Crippen molar-refractivity contribution in [2.45, 2.75) is 23.1 Å². The van der Waals surface area contributed by atoms with Gasteiger partial charge in [-0.05, 0) is 24.6 Å². The van der Waals surface area contributed by atoms with Gasteiger partial charge in [0.05, 0.1) is 16.6 Å². The van der Waals surface area contributed by atoms with Crippen molar-refractivity contribution >= 4 is 40.6 Å². The van der Waals surface area contributed by atoms with E-state index in [2.05, 4.69) is 4.98 Å². The smallest absolute Gasteiger partial charge is 0.305 e. The second kappa shape index (κ2) is 6.46. The summed E-state index contributed by atoms with van der Waals surface area (Å²) in [6.45, 7) is 1.97. The minimum Gasteiger partial charge on any atom is -0.307 e. The van der Waals surface area contributed by atoms with Crippen LogP contribution in [-0.2, 0) is 9.59 Å². The summed E-state index contributed by atoms with van der Waals surface area (Å²) in [6, 6.07) is 17.1. The van der Waals surface area contributed by atoms with Gasteiger partial charge < -0.3 is 4.98 Å². The van der Waals surface area contributed by atoms with Gasteiger partial charge in [0.25, 0.3) is 0 Å². The van der Waals surface area contributed by atoms with E-state index in [4.69, 9.17) is 0 Å². The van der Waals surface area contributed by atoms with Crippen molar-refractivity contribution < 1.29 is 9.59 Å². The monoisotopic (exact) mass is 408 g/mol. The molecular weight excluding hydrogens is 392 g/mol. The highest BCUT2D eigenvalue weighted by Crippen LogP contribution is 2.53. The second-order valence-corrected chi connectivity index (χ2v) is 9.17. The summed E-state index contributed by atoms with van der Waals surface area (Å²) < 4.78 is 0. The average molecular weight is 409 g/mol. The van der Waals surface area contributed by atoms with E-state index in [0.717, 1.165) is 27.3 Å². The molecule has 2 aromatic carbocycles. The first-order chi connectivity index (χ1) is 13.5. The predicted molar refractivity (Wildman–Crippen MR) is 110 cm³/mol. The van der Waals surface area contributed by atoms with Crippen molar-refractivity contribution in [3.05, 3.63) is 80.3 Å². The summed E-state index contributed by atoms with van der Waals surface area (Å²) in [6.07, 6.45) is 0. The van der Waals surface area contributed by atoms with Gasteiger partial charge >= 0.3 is 4.87 Å². The molecule has 3 heterocycles. The van der Waals surface area contributed by atoms with E-state index in [1.807, 2.05) is 61.5 Å². The number of carbonyl (C=O) groups is 2. The Bertz CT molecular complexity index is 1130. The van der Waals surface area contributed by atoms with Gasteiger partial charge in [-0.3, -0.25) is 14.4 Å². The number of aromatic amines is 1. The van der Waals surface area contributed by atoms with Crippen molar-refractivity contribution in [2.24, 2.45) is 5.92 Å². The maximum Gasteiger partial charge on any atom is 0.305 e. The molecule has 0 bridgehead atoms. The van der Waals surface area contributed by atoms with Crippen LogP contribution in [0.3, 0.4) is 0 Å². The van der Waals surface area contributed by atoms with E-state index < -0.39 is 11.2 Å². The summed E-state index contributed by atoms with van der Waals surface area (Å²) in [5.74, 6) is -1.26. The molecule has 2 aliphatic rings. The third-order valence-electron chi connectivity index (χ3n) is 5.27. The highest BCUT2D eigenvalue weighted by Gasteiger charge is 2.56. The zero-order valence-electron chi connectivity index (χ0n) is 14.9. The van der Waals surface area contributed by atoms with Crippen molar-refractivity contribution in [3.8, 4) is 0 Å². The number of amides is 2. The number of aromatic nitrogens is 1. The molecule has 1 saturated heterocycles. The Labute approximate surface area is 169 Å². The molecule has 3 aromatic rings. The first kappa shape index (κ1) is 17.5. The molecule has 0 spiro atoms. The molecule has 0 aliphatic carbocycles. The fourth-order valence-corrected chi connectivity index (χ4v) is 6.50. The first-order valence-electron chi connectivity index (χ1n) is 8.93. The third kappa shape index (κ3) is 2.57. The number of hydrogen-bond donors (Lipinski definition) is 1. The van der Waals surface area contributed by atoms with Gasteiger partial charge in [0.2, 0.25) is 11.8 Å². The number of thiazole rings is 1. The lowest BCUT2D eigenvalue weighted by molar-refractivity contribution is -0.122. The minimum absolute atomic E-state index is 0.159.